The van der Waals surface area contributed by atoms with Crippen LogP contribution in [0.15, 0.2) is 0 Å². The number of aryl methyl sites for hydroxylation is 2. The standard InChI is InChI=1S/C12H21N3O2/c1-8(12(17)13-5-6-16)7-11-9(2)14-15(4)10(11)3/h8,16H,5-7H2,1-4H3,(H,13,17). The van der Waals surface area contributed by atoms with Crippen molar-refractivity contribution in [3.63, 3.8) is 0 Å². The number of hydrogen-bond donors (Lipinski definition) is 2. The van der Waals surface area contributed by atoms with Crippen molar-refractivity contribution in [1.82, 2.24) is 15.1 Å². The predicted molar refractivity (Wildman–Crippen MR) is 65.6 cm³/mol. The van der Waals surface area contributed by atoms with Gasteiger partial charge in [-0.15, -0.1) is 0 Å². The molecule has 1 unspecified atom stereocenters. The molecule has 0 aliphatic rings. The van der Waals surface area contributed by atoms with Crippen LogP contribution in [0.2, 0.25) is 0 Å². The third-order valence-corrected chi connectivity index (χ3v) is 3.03. The van der Waals surface area contributed by atoms with Gasteiger partial charge in [-0.05, 0) is 25.8 Å². The first kappa shape index (κ1) is 13.7. The number of aliphatic hydroxyl groups excluding tert-OH is 1. The second-order valence-electron chi connectivity index (χ2n) is 4.39. The second-order valence-corrected chi connectivity index (χ2v) is 4.39. The van der Waals surface area contributed by atoms with Crippen LogP contribution in [0.4, 0.5) is 0 Å². The smallest absolute Gasteiger partial charge is 0.223 e. The maximum absolute atomic E-state index is 11.7. The SMILES string of the molecule is Cc1nn(C)c(C)c1CC(C)C(=O)NCCO. The Balaban J connectivity index is 2.67. The average Bonchev–Trinajstić information content (AvgIpc) is 2.52. The summed E-state index contributed by atoms with van der Waals surface area (Å²) in [7, 11) is 1.91. The van der Waals surface area contributed by atoms with E-state index in [1.165, 1.54) is 0 Å². The van der Waals surface area contributed by atoms with E-state index in [2.05, 4.69) is 10.4 Å². The first-order chi connectivity index (χ1) is 7.97. The highest BCUT2D eigenvalue weighted by molar-refractivity contribution is 5.78. The zero-order chi connectivity index (χ0) is 13.0. The van der Waals surface area contributed by atoms with Gasteiger partial charge < -0.3 is 10.4 Å². The number of amides is 1. The molecule has 5 nitrogen and oxygen atoms in total. The van der Waals surface area contributed by atoms with Gasteiger partial charge in [0.05, 0.1) is 12.3 Å². The van der Waals surface area contributed by atoms with Crippen molar-refractivity contribution in [1.29, 1.82) is 0 Å². The molecule has 5 heteroatoms. The van der Waals surface area contributed by atoms with Crippen molar-refractivity contribution in [2.24, 2.45) is 13.0 Å². The highest BCUT2D eigenvalue weighted by atomic mass is 16.3. The predicted octanol–water partition coefficient (Wildman–Crippen LogP) is 0.324. The lowest BCUT2D eigenvalue weighted by atomic mass is 9.99. The minimum Gasteiger partial charge on any atom is -0.395 e. The van der Waals surface area contributed by atoms with Crippen molar-refractivity contribution in [3.05, 3.63) is 17.0 Å². The van der Waals surface area contributed by atoms with Crippen LogP contribution in [-0.4, -0.2) is 33.9 Å². The van der Waals surface area contributed by atoms with Crippen LogP contribution in [0, 0.1) is 19.8 Å². The van der Waals surface area contributed by atoms with Gasteiger partial charge in [0, 0.05) is 25.2 Å². The lowest BCUT2D eigenvalue weighted by Gasteiger charge is -2.11. The fourth-order valence-corrected chi connectivity index (χ4v) is 1.87. The number of nitrogens with zero attached hydrogens (tertiary/aromatic N) is 2. The fraction of sp³-hybridized carbons (Fsp3) is 0.667. The molecule has 0 saturated heterocycles. The molecule has 1 aromatic rings. The van der Waals surface area contributed by atoms with Crippen LogP contribution < -0.4 is 5.32 Å². The highest BCUT2D eigenvalue weighted by Crippen LogP contribution is 2.16. The Morgan fingerprint density at radius 1 is 1.53 bits per heavy atom. The van der Waals surface area contributed by atoms with Crippen molar-refractivity contribution < 1.29 is 9.90 Å². The van der Waals surface area contributed by atoms with E-state index in [1.807, 2.05) is 32.5 Å². The fourth-order valence-electron chi connectivity index (χ4n) is 1.87. The first-order valence-electron chi connectivity index (χ1n) is 5.85. The molecular formula is C12H21N3O2. The molecule has 2 N–H and O–H groups in total. The summed E-state index contributed by atoms with van der Waals surface area (Å²) in [5, 5.41) is 15.7. The van der Waals surface area contributed by atoms with Gasteiger partial charge in [0.1, 0.15) is 0 Å². The molecule has 0 fully saturated rings. The second kappa shape index (κ2) is 5.82. The van der Waals surface area contributed by atoms with Crippen molar-refractivity contribution in [3.8, 4) is 0 Å². The monoisotopic (exact) mass is 239 g/mol. The van der Waals surface area contributed by atoms with E-state index in [0.29, 0.717) is 13.0 Å². The molecule has 96 valence electrons. The Hall–Kier alpha value is -1.36. The van der Waals surface area contributed by atoms with Gasteiger partial charge in [0.25, 0.3) is 0 Å². The zero-order valence-electron chi connectivity index (χ0n) is 10.9. The molecule has 1 aromatic heterocycles. The van der Waals surface area contributed by atoms with Gasteiger partial charge in [-0.2, -0.15) is 5.10 Å². The van der Waals surface area contributed by atoms with Crippen molar-refractivity contribution >= 4 is 5.91 Å². The van der Waals surface area contributed by atoms with Crippen LogP contribution >= 0.6 is 0 Å². The van der Waals surface area contributed by atoms with Crippen LogP contribution in [0.1, 0.15) is 23.9 Å². The molecule has 1 rings (SSSR count). The molecule has 1 atom stereocenters. The quantitative estimate of drug-likeness (QED) is 0.778. The molecule has 0 bridgehead atoms. The Kier molecular flexibility index (Phi) is 4.69. The molecule has 0 aliphatic heterocycles. The van der Waals surface area contributed by atoms with E-state index in [9.17, 15) is 4.79 Å². The summed E-state index contributed by atoms with van der Waals surface area (Å²) < 4.78 is 1.84. The Morgan fingerprint density at radius 2 is 2.18 bits per heavy atom. The number of carbonyl (C=O) groups is 1. The van der Waals surface area contributed by atoms with E-state index in [4.69, 9.17) is 5.11 Å². The van der Waals surface area contributed by atoms with Crippen LogP contribution in [0.5, 0.6) is 0 Å². The summed E-state index contributed by atoms with van der Waals surface area (Å²) >= 11 is 0. The molecule has 0 aliphatic carbocycles. The lowest BCUT2D eigenvalue weighted by molar-refractivity contribution is -0.124. The molecule has 0 saturated carbocycles. The van der Waals surface area contributed by atoms with E-state index < -0.39 is 0 Å². The summed E-state index contributed by atoms with van der Waals surface area (Å²) in [5.74, 6) is -0.134. The van der Waals surface area contributed by atoms with Gasteiger partial charge in [0.15, 0.2) is 0 Å². The molecule has 17 heavy (non-hydrogen) atoms. The van der Waals surface area contributed by atoms with Crippen LogP contribution in [-0.2, 0) is 18.3 Å². The van der Waals surface area contributed by atoms with Gasteiger partial charge in [-0.3, -0.25) is 9.48 Å². The van der Waals surface area contributed by atoms with Crippen molar-refractivity contribution in [2.75, 3.05) is 13.2 Å². The van der Waals surface area contributed by atoms with E-state index in [-0.39, 0.29) is 18.4 Å². The van der Waals surface area contributed by atoms with E-state index in [1.54, 1.807) is 0 Å². The minimum atomic E-state index is -0.108. The van der Waals surface area contributed by atoms with Gasteiger partial charge in [-0.25, -0.2) is 0 Å². The molecule has 0 aromatic carbocycles. The lowest BCUT2D eigenvalue weighted by Crippen LogP contribution is -2.32. The summed E-state index contributed by atoms with van der Waals surface area (Å²) in [6, 6.07) is 0. The number of rotatable bonds is 5. The third kappa shape index (κ3) is 3.30. The Morgan fingerprint density at radius 3 is 2.65 bits per heavy atom. The Labute approximate surface area is 102 Å². The van der Waals surface area contributed by atoms with E-state index >= 15 is 0 Å². The minimum absolute atomic E-state index is 0.0244. The third-order valence-electron chi connectivity index (χ3n) is 3.03. The number of aliphatic hydroxyl groups is 1. The highest BCUT2D eigenvalue weighted by Gasteiger charge is 2.17. The van der Waals surface area contributed by atoms with Crippen LogP contribution in [0.25, 0.3) is 0 Å². The molecule has 1 heterocycles. The summed E-state index contributed by atoms with van der Waals surface area (Å²) in [5.41, 5.74) is 3.22. The summed E-state index contributed by atoms with van der Waals surface area (Å²) in [4.78, 5) is 11.7. The summed E-state index contributed by atoms with van der Waals surface area (Å²) in [6.45, 7) is 6.14. The van der Waals surface area contributed by atoms with Crippen LogP contribution in [0.3, 0.4) is 0 Å². The van der Waals surface area contributed by atoms with Gasteiger partial charge in [-0.1, -0.05) is 6.92 Å². The largest absolute Gasteiger partial charge is 0.395 e. The number of hydrogen-bond acceptors (Lipinski definition) is 3. The van der Waals surface area contributed by atoms with E-state index in [0.717, 1.165) is 17.0 Å². The summed E-state index contributed by atoms with van der Waals surface area (Å²) in [6.07, 6.45) is 0.683. The number of nitrogens with one attached hydrogen (secondary N) is 1. The van der Waals surface area contributed by atoms with Crippen molar-refractivity contribution in [2.45, 2.75) is 27.2 Å². The molecule has 1 amide bonds. The number of aromatic nitrogens is 2. The average molecular weight is 239 g/mol. The molecular weight excluding hydrogens is 218 g/mol. The Bertz CT molecular complexity index is 399. The van der Waals surface area contributed by atoms with Gasteiger partial charge >= 0.3 is 0 Å². The first-order valence-corrected chi connectivity index (χ1v) is 5.85. The molecule has 0 radical (unpaired) electrons. The maximum atomic E-state index is 11.7. The zero-order valence-corrected chi connectivity index (χ0v) is 10.9. The normalized spacial score (nSPS) is 12.5. The maximum Gasteiger partial charge on any atom is 0.223 e. The topological polar surface area (TPSA) is 67.2 Å². The number of carbonyl (C=O) groups excluding carboxylic acids is 1. The molecule has 0 spiro atoms. The van der Waals surface area contributed by atoms with Gasteiger partial charge in [0.2, 0.25) is 5.91 Å².